The minimum absolute atomic E-state index is 0.294. The molecule has 0 spiro atoms. The molecule has 0 amide bonds. The lowest BCUT2D eigenvalue weighted by molar-refractivity contribution is 0.539. The van der Waals surface area contributed by atoms with E-state index in [0.29, 0.717) is 21.0 Å². The average Bonchev–Trinajstić information content (AvgIpc) is 2.44. The second-order valence-electron chi connectivity index (χ2n) is 10.3. The van der Waals surface area contributed by atoms with Crippen molar-refractivity contribution in [2.45, 2.75) is 116 Å². The Bertz CT molecular complexity index is 360. The molecule has 0 aliphatic rings. The minimum Gasteiger partial charge on any atom is -0.128 e. The standard InChI is InChI=1S/C12H22.C10H20S.2C2H6/c1-11(2,3)9-7-8-10-12(4,5)6;1-9(2,3)7-8-11-10(4,5)6;2*1-2/h7-10H,1-6H3;7-8H,1-6H3;2*1-2H3. The largest absolute Gasteiger partial charge is 0.128 e. The molecule has 0 aromatic heterocycles. The first kappa shape index (κ1) is 34.1. The van der Waals surface area contributed by atoms with E-state index < -0.39 is 0 Å². The molecular weight excluding hydrogens is 344 g/mol. The Morgan fingerprint density at radius 1 is 0.444 bits per heavy atom. The van der Waals surface area contributed by atoms with E-state index in [1.54, 1.807) is 0 Å². The Kier molecular flexibility index (Phi) is 20.9. The normalized spacial score (nSPS) is 12.9. The van der Waals surface area contributed by atoms with Crippen molar-refractivity contribution in [3.63, 3.8) is 0 Å². The van der Waals surface area contributed by atoms with Crippen molar-refractivity contribution in [3.8, 4) is 0 Å². The lowest BCUT2D eigenvalue weighted by Crippen LogP contribution is -2.05. The Labute approximate surface area is 179 Å². The molecule has 0 fully saturated rings. The van der Waals surface area contributed by atoms with Gasteiger partial charge in [-0.3, -0.25) is 0 Å². The fourth-order valence-corrected chi connectivity index (χ4v) is 2.02. The van der Waals surface area contributed by atoms with Crippen LogP contribution in [0.15, 0.2) is 35.8 Å². The molecular formula is C26H54S. The van der Waals surface area contributed by atoms with Crippen LogP contribution in [-0.4, -0.2) is 4.75 Å². The quantitative estimate of drug-likeness (QED) is 0.417. The molecule has 0 aromatic rings. The second-order valence-corrected chi connectivity index (χ2v) is 12.1. The van der Waals surface area contributed by atoms with Crippen molar-refractivity contribution >= 4 is 11.8 Å². The summed E-state index contributed by atoms with van der Waals surface area (Å²) < 4.78 is 0.349. The highest BCUT2D eigenvalue weighted by Gasteiger charge is 2.09. The maximum atomic E-state index is 2.25. The molecule has 0 saturated heterocycles. The molecule has 0 aromatic carbocycles. The van der Waals surface area contributed by atoms with E-state index in [1.807, 2.05) is 39.5 Å². The van der Waals surface area contributed by atoms with Crippen LogP contribution in [0.25, 0.3) is 0 Å². The van der Waals surface area contributed by atoms with Gasteiger partial charge in [0.2, 0.25) is 0 Å². The fourth-order valence-electron chi connectivity index (χ4n) is 1.13. The van der Waals surface area contributed by atoms with Gasteiger partial charge in [-0.2, -0.15) is 0 Å². The summed E-state index contributed by atoms with van der Waals surface area (Å²) in [5.41, 5.74) is 0.905. The van der Waals surface area contributed by atoms with Gasteiger partial charge >= 0.3 is 0 Å². The molecule has 164 valence electrons. The molecule has 0 aliphatic heterocycles. The van der Waals surface area contributed by atoms with Crippen molar-refractivity contribution in [2.75, 3.05) is 0 Å². The maximum Gasteiger partial charge on any atom is 0.0116 e. The van der Waals surface area contributed by atoms with Crippen LogP contribution < -0.4 is 0 Å². The molecule has 27 heavy (non-hydrogen) atoms. The monoisotopic (exact) mass is 398 g/mol. The number of rotatable bonds is 2. The van der Waals surface area contributed by atoms with E-state index in [9.17, 15) is 0 Å². The van der Waals surface area contributed by atoms with Gasteiger partial charge in [0.1, 0.15) is 0 Å². The molecule has 0 aliphatic carbocycles. The summed E-state index contributed by atoms with van der Waals surface area (Å²) in [6.45, 7) is 34.5. The Morgan fingerprint density at radius 2 is 0.704 bits per heavy atom. The molecule has 0 saturated carbocycles. The Balaban J connectivity index is -0.000000165. The minimum atomic E-state index is 0.294. The van der Waals surface area contributed by atoms with Crippen LogP contribution in [0.5, 0.6) is 0 Å². The van der Waals surface area contributed by atoms with Crippen LogP contribution in [0.1, 0.15) is 111 Å². The van der Waals surface area contributed by atoms with Gasteiger partial charge in [-0.15, -0.1) is 11.8 Å². The van der Waals surface area contributed by atoms with Gasteiger partial charge < -0.3 is 0 Å². The van der Waals surface area contributed by atoms with E-state index in [1.165, 1.54) is 0 Å². The van der Waals surface area contributed by atoms with Gasteiger partial charge in [0.05, 0.1) is 0 Å². The number of hydrogen-bond acceptors (Lipinski definition) is 1. The molecule has 0 heterocycles. The van der Waals surface area contributed by atoms with Gasteiger partial charge in [-0.25, -0.2) is 0 Å². The van der Waals surface area contributed by atoms with E-state index in [0.717, 1.165) is 0 Å². The summed E-state index contributed by atoms with van der Waals surface area (Å²) in [5.74, 6) is 0. The van der Waals surface area contributed by atoms with Crippen LogP contribution >= 0.6 is 11.8 Å². The van der Waals surface area contributed by atoms with Gasteiger partial charge in [0.25, 0.3) is 0 Å². The third kappa shape index (κ3) is 51.7. The SMILES string of the molecule is CC.CC.CC(C)(C)C=CC=CC(C)(C)C.CC(C)(C)C=CSC(C)(C)C. The average molecular weight is 399 g/mol. The maximum absolute atomic E-state index is 2.25. The van der Waals surface area contributed by atoms with Crippen LogP contribution in [-0.2, 0) is 0 Å². The first-order valence-corrected chi connectivity index (χ1v) is 11.5. The van der Waals surface area contributed by atoms with Crippen molar-refractivity contribution in [1.82, 2.24) is 0 Å². The predicted molar refractivity (Wildman–Crippen MR) is 136 cm³/mol. The van der Waals surface area contributed by atoms with Crippen LogP contribution in [0.3, 0.4) is 0 Å². The first-order chi connectivity index (χ1) is 11.9. The first-order valence-electron chi connectivity index (χ1n) is 10.6. The fraction of sp³-hybridized carbons (Fsp3) is 0.769. The summed E-state index contributed by atoms with van der Waals surface area (Å²) in [6, 6.07) is 0. The molecule has 0 radical (unpaired) electrons. The van der Waals surface area contributed by atoms with Crippen LogP contribution in [0.2, 0.25) is 0 Å². The molecule has 0 N–H and O–H groups in total. The molecule has 0 atom stereocenters. The zero-order valence-electron chi connectivity index (χ0n) is 21.9. The molecule has 0 bridgehead atoms. The van der Waals surface area contributed by atoms with E-state index >= 15 is 0 Å². The number of hydrogen-bond donors (Lipinski definition) is 0. The predicted octanol–water partition coefficient (Wildman–Crippen LogP) is 10.3. The lowest BCUT2D eigenvalue weighted by atomic mass is 9.94. The summed E-state index contributed by atoms with van der Waals surface area (Å²) in [7, 11) is 0. The van der Waals surface area contributed by atoms with Crippen molar-refractivity contribution in [2.24, 2.45) is 16.2 Å². The molecule has 0 nitrogen and oxygen atoms in total. The number of allylic oxidation sites excluding steroid dienone is 5. The lowest BCUT2D eigenvalue weighted by Gasteiger charge is -2.16. The van der Waals surface area contributed by atoms with Crippen molar-refractivity contribution in [1.29, 1.82) is 0 Å². The third-order valence-corrected chi connectivity index (χ3v) is 3.27. The van der Waals surface area contributed by atoms with Gasteiger partial charge in [0, 0.05) is 4.75 Å². The van der Waals surface area contributed by atoms with Crippen molar-refractivity contribution in [3.05, 3.63) is 35.8 Å². The van der Waals surface area contributed by atoms with E-state index in [2.05, 4.69) is 119 Å². The highest BCUT2D eigenvalue weighted by molar-refractivity contribution is 8.03. The Hall–Kier alpha value is -0.430. The second kappa shape index (κ2) is 16.5. The zero-order valence-corrected chi connectivity index (χ0v) is 22.7. The number of thioether (sulfide) groups is 1. The molecule has 0 rings (SSSR count). The van der Waals surface area contributed by atoms with Gasteiger partial charge in [-0.05, 0) is 21.7 Å². The summed E-state index contributed by atoms with van der Waals surface area (Å²) in [4.78, 5) is 0. The molecule has 1 heteroatoms. The summed E-state index contributed by atoms with van der Waals surface area (Å²) >= 11 is 1.88. The van der Waals surface area contributed by atoms with Crippen molar-refractivity contribution < 1.29 is 0 Å². The highest BCUT2D eigenvalue weighted by atomic mass is 32.2. The Morgan fingerprint density at radius 3 is 0.889 bits per heavy atom. The highest BCUT2D eigenvalue weighted by Crippen LogP contribution is 2.26. The summed E-state index contributed by atoms with van der Waals surface area (Å²) in [5, 5.41) is 2.21. The van der Waals surface area contributed by atoms with Crippen LogP contribution in [0, 0.1) is 16.2 Å². The smallest absolute Gasteiger partial charge is 0.0116 e. The summed E-state index contributed by atoms with van der Waals surface area (Å²) in [6.07, 6.45) is 10.9. The van der Waals surface area contributed by atoms with E-state index in [4.69, 9.17) is 0 Å². The topological polar surface area (TPSA) is 0 Å². The van der Waals surface area contributed by atoms with Crippen LogP contribution in [0.4, 0.5) is 0 Å². The van der Waals surface area contributed by atoms with E-state index in [-0.39, 0.29) is 0 Å². The zero-order chi connectivity index (χ0) is 22.9. The third-order valence-electron chi connectivity index (χ3n) is 2.29. The molecule has 0 unspecified atom stereocenters. The van der Waals surface area contributed by atoms with Gasteiger partial charge in [0.15, 0.2) is 0 Å². The van der Waals surface area contributed by atoms with Gasteiger partial charge in [-0.1, -0.05) is 141 Å².